The summed E-state index contributed by atoms with van der Waals surface area (Å²) in [5.74, 6) is 0.620. The van der Waals surface area contributed by atoms with Crippen molar-refractivity contribution < 1.29 is 9.13 Å². The monoisotopic (exact) mass is 271 g/mol. The molecule has 0 amide bonds. The van der Waals surface area contributed by atoms with Crippen molar-refractivity contribution in [3.63, 3.8) is 0 Å². The molecule has 0 fully saturated rings. The maximum absolute atomic E-state index is 12.8. The molecule has 2 aromatic rings. The molecule has 0 spiro atoms. The predicted molar refractivity (Wildman–Crippen MR) is 80.5 cm³/mol. The first-order chi connectivity index (χ1) is 9.78. The Kier molecular flexibility index (Phi) is 5.30. The maximum atomic E-state index is 12.8. The number of nitrogens with zero attached hydrogens (tertiary/aromatic N) is 1. The van der Waals surface area contributed by atoms with Crippen LogP contribution in [-0.2, 0) is 0 Å². The van der Waals surface area contributed by atoms with Gasteiger partial charge in [-0.15, -0.1) is 0 Å². The quantitative estimate of drug-likeness (QED) is 0.548. The van der Waals surface area contributed by atoms with E-state index in [1.54, 1.807) is 18.3 Å². The minimum Gasteiger partial charge on any atom is -0.494 e. The van der Waals surface area contributed by atoms with Crippen LogP contribution in [0.1, 0.15) is 25.3 Å². The van der Waals surface area contributed by atoms with Gasteiger partial charge in [0.1, 0.15) is 11.6 Å². The molecule has 0 bridgehead atoms. The number of unbranched alkanes of at least 4 members (excludes halogenated alkanes) is 1. The van der Waals surface area contributed by atoms with Gasteiger partial charge in [-0.05, 0) is 60.5 Å². The minimum absolute atomic E-state index is 0.252. The number of benzene rings is 2. The second-order valence-electron chi connectivity index (χ2n) is 4.51. The lowest BCUT2D eigenvalue weighted by molar-refractivity contribution is 0.309. The summed E-state index contributed by atoms with van der Waals surface area (Å²) in [5, 5.41) is 0. The van der Waals surface area contributed by atoms with Gasteiger partial charge in [-0.2, -0.15) is 0 Å². The molecule has 0 N–H and O–H groups in total. The third-order valence-electron chi connectivity index (χ3n) is 2.84. The van der Waals surface area contributed by atoms with E-state index in [4.69, 9.17) is 4.74 Å². The Morgan fingerprint density at radius 3 is 2.40 bits per heavy atom. The fourth-order valence-electron chi connectivity index (χ4n) is 1.66. The smallest absolute Gasteiger partial charge is 0.123 e. The Bertz CT molecular complexity index is 546. The molecule has 104 valence electrons. The van der Waals surface area contributed by atoms with Crippen molar-refractivity contribution in [2.24, 2.45) is 4.99 Å². The summed E-state index contributed by atoms with van der Waals surface area (Å²) in [6, 6.07) is 13.9. The number of rotatable bonds is 6. The molecule has 2 nitrogen and oxygen atoms in total. The fraction of sp³-hybridized carbons (Fsp3) is 0.235. The normalized spacial score (nSPS) is 10.9. The molecular weight excluding hydrogens is 253 g/mol. The van der Waals surface area contributed by atoms with Gasteiger partial charge in [0.2, 0.25) is 0 Å². The predicted octanol–water partition coefficient (Wildman–Crippen LogP) is 4.76. The summed E-state index contributed by atoms with van der Waals surface area (Å²) in [6.45, 7) is 2.89. The van der Waals surface area contributed by atoms with Crippen LogP contribution in [0.15, 0.2) is 53.5 Å². The van der Waals surface area contributed by atoms with Crippen LogP contribution in [0.2, 0.25) is 0 Å². The van der Waals surface area contributed by atoms with Gasteiger partial charge in [-0.25, -0.2) is 4.39 Å². The number of halogens is 1. The van der Waals surface area contributed by atoms with Crippen molar-refractivity contribution in [3.05, 3.63) is 59.9 Å². The van der Waals surface area contributed by atoms with E-state index < -0.39 is 0 Å². The van der Waals surface area contributed by atoms with Crippen molar-refractivity contribution in [1.82, 2.24) is 0 Å². The van der Waals surface area contributed by atoms with Gasteiger partial charge in [0.15, 0.2) is 0 Å². The Balaban J connectivity index is 1.94. The molecule has 0 radical (unpaired) electrons. The topological polar surface area (TPSA) is 21.6 Å². The Labute approximate surface area is 118 Å². The summed E-state index contributed by atoms with van der Waals surface area (Å²) >= 11 is 0. The molecule has 0 saturated carbocycles. The molecule has 0 heterocycles. The van der Waals surface area contributed by atoms with Gasteiger partial charge >= 0.3 is 0 Å². The van der Waals surface area contributed by atoms with Crippen molar-refractivity contribution >= 4 is 11.9 Å². The van der Waals surface area contributed by atoms with Crippen LogP contribution in [-0.4, -0.2) is 12.8 Å². The lowest BCUT2D eigenvalue weighted by Gasteiger charge is -2.04. The first kappa shape index (κ1) is 14.3. The van der Waals surface area contributed by atoms with E-state index in [1.807, 2.05) is 24.3 Å². The third kappa shape index (κ3) is 4.50. The average Bonchev–Trinajstić information content (AvgIpc) is 2.48. The lowest BCUT2D eigenvalue weighted by Crippen LogP contribution is -1.96. The van der Waals surface area contributed by atoms with Crippen LogP contribution in [0, 0.1) is 5.82 Å². The van der Waals surface area contributed by atoms with Crippen LogP contribution < -0.4 is 4.74 Å². The summed E-state index contributed by atoms with van der Waals surface area (Å²) in [4.78, 5) is 4.29. The largest absolute Gasteiger partial charge is 0.494 e. The summed E-state index contributed by atoms with van der Waals surface area (Å²) in [6.07, 6.45) is 3.94. The molecule has 0 atom stereocenters. The first-order valence-electron chi connectivity index (χ1n) is 6.80. The molecule has 0 saturated heterocycles. The van der Waals surface area contributed by atoms with E-state index in [-0.39, 0.29) is 5.82 Å². The van der Waals surface area contributed by atoms with Crippen LogP contribution in [0.5, 0.6) is 5.75 Å². The highest BCUT2D eigenvalue weighted by Gasteiger charge is 1.94. The van der Waals surface area contributed by atoms with Gasteiger partial charge in [0.25, 0.3) is 0 Å². The van der Waals surface area contributed by atoms with E-state index in [2.05, 4.69) is 11.9 Å². The molecule has 2 rings (SSSR count). The summed E-state index contributed by atoms with van der Waals surface area (Å²) in [5.41, 5.74) is 1.71. The number of aliphatic imine (C=N–C) groups is 1. The van der Waals surface area contributed by atoms with Gasteiger partial charge in [-0.3, -0.25) is 4.99 Å². The van der Waals surface area contributed by atoms with Crippen LogP contribution >= 0.6 is 0 Å². The summed E-state index contributed by atoms with van der Waals surface area (Å²) < 4.78 is 18.3. The van der Waals surface area contributed by atoms with E-state index in [9.17, 15) is 4.39 Å². The number of ether oxygens (including phenoxy) is 1. The van der Waals surface area contributed by atoms with Crippen molar-refractivity contribution in [2.45, 2.75) is 19.8 Å². The molecule has 0 aliphatic rings. The molecular formula is C17H18FNO. The highest BCUT2D eigenvalue weighted by atomic mass is 19.1. The second-order valence-corrected chi connectivity index (χ2v) is 4.51. The van der Waals surface area contributed by atoms with Crippen LogP contribution in [0.3, 0.4) is 0 Å². The minimum atomic E-state index is -0.252. The van der Waals surface area contributed by atoms with Crippen molar-refractivity contribution in [1.29, 1.82) is 0 Å². The van der Waals surface area contributed by atoms with Crippen molar-refractivity contribution in [3.8, 4) is 5.75 Å². The molecule has 2 aromatic carbocycles. The molecule has 0 aliphatic heterocycles. The summed E-state index contributed by atoms with van der Waals surface area (Å²) in [7, 11) is 0. The number of hydrogen-bond acceptors (Lipinski definition) is 2. The standard InChI is InChI=1S/C17H18FNO/c1-2-3-12-20-17-10-4-14(5-11-17)13-19-16-8-6-15(18)7-9-16/h4-11,13H,2-3,12H2,1H3/b19-13-. The molecule has 3 heteroatoms. The fourth-order valence-corrected chi connectivity index (χ4v) is 1.66. The highest BCUT2D eigenvalue weighted by Crippen LogP contribution is 2.14. The number of hydrogen-bond donors (Lipinski definition) is 0. The highest BCUT2D eigenvalue weighted by molar-refractivity contribution is 5.82. The van der Waals surface area contributed by atoms with Gasteiger partial charge < -0.3 is 4.74 Å². The van der Waals surface area contributed by atoms with E-state index >= 15 is 0 Å². The van der Waals surface area contributed by atoms with Gasteiger partial charge in [0, 0.05) is 6.21 Å². The zero-order valence-electron chi connectivity index (χ0n) is 11.6. The molecule has 20 heavy (non-hydrogen) atoms. The zero-order chi connectivity index (χ0) is 14.2. The average molecular weight is 271 g/mol. The Morgan fingerprint density at radius 2 is 1.75 bits per heavy atom. The van der Waals surface area contributed by atoms with E-state index in [1.165, 1.54) is 12.1 Å². The maximum Gasteiger partial charge on any atom is 0.123 e. The van der Waals surface area contributed by atoms with Crippen molar-refractivity contribution in [2.75, 3.05) is 6.61 Å². The molecule has 0 aromatic heterocycles. The molecule has 0 unspecified atom stereocenters. The first-order valence-corrected chi connectivity index (χ1v) is 6.80. The van der Waals surface area contributed by atoms with Crippen LogP contribution in [0.4, 0.5) is 10.1 Å². The van der Waals surface area contributed by atoms with Gasteiger partial charge in [0.05, 0.1) is 12.3 Å². The zero-order valence-corrected chi connectivity index (χ0v) is 11.6. The Morgan fingerprint density at radius 1 is 1.05 bits per heavy atom. The Hall–Kier alpha value is -2.16. The molecule has 0 aliphatic carbocycles. The van der Waals surface area contributed by atoms with E-state index in [0.717, 1.165) is 36.4 Å². The van der Waals surface area contributed by atoms with E-state index in [0.29, 0.717) is 0 Å². The second kappa shape index (κ2) is 7.43. The van der Waals surface area contributed by atoms with Gasteiger partial charge in [-0.1, -0.05) is 13.3 Å². The lowest BCUT2D eigenvalue weighted by atomic mass is 10.2. The SMILES string of the molecule is CCCCOc1ccc(/C=N\c2ccc(F)cc2)cc1. The van der Waals surface area contributed by atoms with Crippen LogP contribution in [0.25, 0.3) is 0 Å². The third-order valence-corrected chi connectivity index (χ3v) is 2.84.